The maximum Gasteiger partial charge on any atom is 0.338 e. The van der Waals surface area contributed by atoms with Crippen molar-refractivity contribution in [3.63, 3.8) is 0 Å². The van der Waals surface area contributed by atoms with E-state index in [1.165, 1.54) is 22.8 Å². The minimum absolute atomic E-state index is 0.122. The minimum Gasteiger partial charge on any atom is -0.494 e. The highest BCUT2D eigenvalue weighted by molar-refractivity contribution is 7.07. The van der Waals surface area contributed by atoms with Crippen molar-refractivity contribution in [2.75, 3.05) is 13.2 Å². The van der Waals surface area contributed by atoms with Crippen LogP contribution in [0.15, 0.2) is 63.5 Å². The Kier molecular flexibility index (Phi) is 8.84. The van der Waals surface area contributed by atoms with Gasteiger partial charge in [0.25, 0.3) is 5.56 Å². The third-order valence-electron chi connectivity index (χ3n) is 6.03. The molecule has 9 heteroatoms. The number of aromatic nitrogens is 1. The van der Waals surface area contributed by atoms with Gasteiger partial charge < -0.3 is 9.47 Å². The number of thiazole rings is 1. The molecule has 0 amide bonds. The normalized spacial score (nSPS) is 15.4. The van der Waals surface area contributed by atoms with Crippen LogP contribution < -0.4 is 19.6 Å². The van der Waals surface area contributed by atoms with Crippen molar-refractivity contribution in [3.05, 3.63) is 95.4 Å². The Labute approximate surface area is 229 Å². The second-order valence-electron chi connectivity index (χ2n) is 9.48. The average molecular weight is 557 g/mol. The fourth-order valence-electron chi connectivity index (χ4n) is 4.08. The Morgan fingerprint density at radius 2 is 1.97 bits per heavy atom. The standard InChI is InChI=1S/C29H30ClFN2O4S/c1-5-6-14-36-20-12-10-19(11-13-20)26-25(28(35)37-16-17(2)3)18(4)32-29-33(26)27(34)24(38-29)15-21-22(30)8-7-9-23(21)31/h7-13,15,17,26H,5-6,14,16H2,1-4H3/b24-15-. The molecule has 1 atom stereocenters. The van der Waals surface area contributed by atoms with Crippen molar-refractivity contribution < 1.29 is 18.7 Å². The second-order valence-corrected chi connectivity index (χ2v) is 10.9. The number of ether oxygens (including phenoxy) is 2. The summed E-state index contributed by atoms with van der Waals surface area (Å²) in [5, 5.41) is 0.195. The third kappa shape index (κ3) is 5.92. The Morgan fingerprint density at radius 1 is 1.24 bits per heavy atom. The van der Waals surface area contributed by atoms with Crippen LogP contribution in [0.1, 0.15) is 57.7 Å². The van der Waals surface area contributed by atoms with Gasteiger partial charge >= 0.3 is 5.97 Å². The van der Waals surface area contributed by atoms with Crippen molar-refractivity contribution in [1.29, 1.82) is 0 Å². The van der Waals surface area contributed by atoms with E-state index in [2.05, 4.69) is 11.9 Å². The van der Waals surface area contributed by atoms with Crippen LogP contribution in [0, 0.1) is 11.7 Å². The summed E-state index contributed by atoms with van der Waals surface area (Å²) in [5.74, 6) is -0.217. The molecule has 1 unspecified atom stereocenters. The molecule has 0 aliphatic carbocycles. The van der Waals surface area contributed by atoms with Crippen molar-refractivity contribution in [2.45, 2.75) is 46.6 Å². The van der Waals surface area contributed by atoms with E-state index >= 15 is 0 Å². The minimum atomic E-state index is -0.770. The van der Waals surface area contributed by atoms with Gasteiger partial charge in [0.2, 0.25) is 0 Å². The first-order valence-electron chi connectivity index (χ1n) is 12.6. The zero-order valence-corrected chi connectivity index (χ0v) is 23.4. The Morgan fingerprint density at radius 3 is 2.63 bits per heavy atom. The molecule has 38 heavy (non-hydrogen) atoms. The van der Waals surface area contributed by atoms with Crippen LogP contribution in [0.25, 0.3) is 6.08 Å². The molecule has 1 aliphatic rings. The highest BCUT2D eigenvalue weighted by Crippen LogP contribution is 2.32. The summed E-state index contributed by atoms with van der Waals surface area (Å²) in [5.41, 5.74) is 1.17. The van der Waals surface area contributed by atoms with Crippen LogP contribution in [0.5, 0.6) is 5.75 Å². The maximum atomic E-state index is 14.5. The lowest BCUT2D eigenvalue weighted by Crippen LogP contribution is -2.40. The number of halogens is 2. The molecule has 0 saturated carbocycles. The molecule has 2 aromatic carbocycles. The van der Waals surface area contributed by atoms with Crippen LogP contribution in [0.3, 0.4) is 0 Å². The summed E-state index contributed by atoms with van der Waals surface area (Å²) >= 11 is 7.33. The third-order valence-corrected chi connectivity index (χ3v) is 7.34. The number of rotatable bonds is 9. The molecule has 0 bridgehead atoms. The summed E-state index contributed by atoms with van der Waals surface area (Å²) in [7, 11) is 0. The smallest absolute Gasteiger partial charge is 0.338 e. The van der Waals surface area contributed by atoms with E-state index in [9.17, 15) is 14.0 Å². The van der Waals surface area contributed by atoms with Crippen LogP contribution >= 0.6 is 22.9 Å². The van der Waals surface area contributed by atoms with E-state index in [1.54, 1.807) is 13.0 Å². The highest BCUT2D eigenvalue weighted by atomic mass is 35.5. The van der Waals surface area contributed by atoms with Gasteiger partial charge in [-0.15, -0.1) is 0 Å². The molecule has 2 heterocycles. The van der Waals surface area contributed by atoms with E-state index in [0.717, 1.165) is 24.2 Å². The first kappa shape index (κ1) is 27.8. The molecular formula is C29H30ClFN2O4S. The number of benzene rings is 2. The molecule has 1 aromatic heterocycles. The van der Waals surface area contributed by atoms with Gasteiger partial charge in [0.1, 0.15) is 11.6 Å². The van der Waals surface area contributed by atoms with E-state index in [0.29, 0.717) is 28.4 Å². The molecular weight excluding hydrogens is 527 g/mol. The molecule has 0 spiro atoms. The van der Waals surface area contributed by atoms with E-state index in [-0.39, 0.29) is 33.2 Å². The van der Waals surface area contributed by atoms with Crippen LogP contribution in [0.4, 0.5) is 4.39 Å². The topological polar surface area (TPSA) is 69.9 Å². The number of hydrogen-bond donors (Lipinski definition) is 0. The highest BCUT2D eigenvalue weighted by Gasteiger charge is 2.33. The fourth-order valence-corrected chi connectivity index (χ4v) is 5.32. The number of esters is 1. The number of unbranched alkanes of at least 4 members (excludes halogenated alkanes) is 1. The van der Waals surface area contributed by atoms with Gasteiger partial charge in [0.05, 0.1) is 40.1 Å². The van der Waals surface area contributed by atoms with Gasteiger partial charge in [-0.2, -0.15) is 0 Å². The van der Waals surface area contributed by atoms with Crippen LogP contribution in [0.2, 0.25) is 5.02 Å². The number of allylic oxidation sites excluding steroid dienone is 1. The molecule has 0 radical (unpaired) electrons. The Bertz CT molecular complexity index is 1520. The van der Waals surface area contributed by atoms with E-state index < -0.39 is 23.4 Å². The quantitative estimate of drug-likeness (QED) is 0.261. The molecule has 4 rings (SSSR count). The van der Waals surface area contributed by atoms with Gasteiger partial charge in [0.15, 0.2) is 4.80 Å². The predicted molar refractivity (Wildman–Crippen MR) is 148 cm³/mol. The first-order valence-corrected chi connectivity index (χ1v) is 13.8. The lowest BCUT2D eigenvalue weighted by atomic mass is 9.96. The Balaban J connectivity index is 1.85. The van der Waals surface area contributed by atoms with Crippen molar-refractivity contribution in [1.82, 2.24) is 4.57 Å². The molecule has 0 saturated heterocycles. The largest absolute Gasteiger partial charge is 0.494 e. The number of carbonyl (C=O) groups is 1. The van der Waals surface area contributed by atoms with Gasteiger partial charge in [-0.05, 0) is 55.2 Å². The first-order chi connectivity index (χ1) is 18.2. The molecule has 200 valence electrons. The number of carbonyl (C=O) groups excluding carboxylic acids is 1. The van der Waals surface area contributed by atoms with Crippen molar-refractivity contribution >= 4 is 35.0 Å². The molecule has 1 aliphatic heterocycles. The van der Waals surface area contributed by atoms with Crippen LogP contribution in [-0.2, 0) is 9.53 Å². The maximum absolute atomic E-state index is 14.5. The SMILES string of the molecule is CCCCOc1ccc(C2C(C(=O)OCC(C)C)=C(C)N=c3s/c(=C\c4c(F)cccc4Cl)c(=O)n32)cc1. The zero-order valence-electron chi connectivity index (χ0n) is 21.8. The molecule has 0 N–H and O–H groups in total. The summed E-state index contributed by atoms with van der Waals surface area (Å²) in [6, 6.07) is 10.9. The summed E-state index contributed by atoms with van der Waals surface area (Å²) in [4.78, 5) is 32.0. The van der Waals surface area contributed by atoms with Crippen molar-refractivity contribution in [2.24, 2.45) is 10.9 Å². The number of fused-ring (bicyclic) bond motifs is 1. The molecule has 6 nitrogen and oxygen atoms in total. The average Bonchev–Trinajstić information content (AvgIpc) is 3.19. The fraction of sp³-hybridized carbons (Fsp3) is 0.345. The van der Waals surface area contributed by atoms with Gasteiger partial charge in [-0.3, -0.25) is 9.36 Å². The number of hydrogen-bond acceptors (Lipinski definition) is 6. The van der Waals surface area contributed by atoms with Gasteiger partial charge in [0, 0.05) is 5.56 Å². The number of nitrogens with zero attached hydrogens (tertiary/aromatic N) is 2. The molecule has 0 fully saturated rings. The van der Waals surface area contributed by atoms with Crippen LogP contribution in [-0.4, -0.2) is 23.8 Å². The lowest BCUT2D eigenvalue weighted by molar-refractivity contribution is -0.140. The van der Waals surface area contributed by atoms with Crippen molar-refractivity contribution in [3.8, 4) is 5.75 Å². The summed E-state index contributed by atoms with van der Waals surface area (Å²) in [6.07, 6.45) is 3.40. The monoisotopic (exact) mass is 556 g/mol. The summed E-state index contributed by atoms with van der Waals surface area (Å²) < 4.78 is 27.6. The van der Waals surface area contributed by atoms with Gasteiger partial charge in [-0.25, -0.2) is 14.2 Å². The predicted octanol–water partition coefficient (Wildman–Crippen LogP) is 5.41. The van der Waals surface area contributed by atoms with E-state index in [4.69, 9.17) is 21.1 Å². The Hall–Kier alpha value is -3.23. The van der Waals surface area contributed by atoms with E-state index in [1.807, 2.05) is 38.1 Å². The second kappa shape index (κ2) is 12.1. The van der Waals surface area contributed by atoms with Gasteiger partial charge in [-0.1, -0.05) is 68.3 Å². The zero-order chi connectivity index (χ0) is 27.4. The summed E-state index contributed by atoms with van der Waals surface area (Å²) in [6.45, 7) is 8.57. The lowest BCUT2D eigenvalue weighted by Gasteiger charge is -2.25. The molecule has 3 aromatic rings.